The van der Waals surface area contributed by atoms with Crippen LogP contribution < -0.4 is 4.74 Å². The van der Waals surface area contributed by atoms with Crippen LogP contribution in [-0.2, 0) is 6.61 Å². The van der Waals surface area contributed by atoms with Crippen LogP contribution in [0.15, 0.2) is 40.9 Å². The van der Waals surface area contributed by atoms with Gasteiger partial charge in [-0.25, -0.2) is 4.79 Å². The molecule has 2 heterocycles. The number of aryl methyl sites for hydroxylation is 2. The summed E-state index contributed by atoms with van der Waals surface area (Å²) < 4.78 is 11.2. The van der Waals surface area contributed by atoms with Crippen LogP contribution in [-0.4, -0.2) is 16.1 Å². The predicted molar refractivity (Wildman–Crippen MR) is 81.2 cm³/mol. The van der Waals surface area contributed by atoms with Gasteiger partial charge < -0.3 is 14.3 Å². The summed E-state index contributed by atoms with van der Waals surface area (Å²) in [4.78, 5) is 15.5. The third-order valence-corrected chi connectivity index (χ3v) is 3.56. The number of nitrogens with zero attached hydrogens (tertiary/aromatic N) is 1. The molecule has 5 nitrogen and oxygen atoms in total. The van der Waals surface area contributed by atoms with Crippen LogP contribution in [0.3, 0.4) is 0 Å². The molecule has 0 aliphatic heterocycles. The molecular weight excluding hydrogens is 282 g/mol. The molecule has 0 amide bonds. The zero-order valence-corrected chi connectivity index (χ0v) is 12.3. The van der Waals surface area contributed by atoms with Crippen molar-refractivity contribution in [2.24, 2.45) is 0 Å². The van der Waals surface area contributed by atoms with E-state index in [0.29, 0.717) is 29.1 Å². The largest absolute Gasteiger partial charge is 0.489 e. The molecule has 0 unspecified atom stereocenters. The fraction of sp³-hybridized carbons (Fsp3) is 0.176. The summed E-state index contributed by atoms with van der Waals surface area (Å²) in [5.41, 5.74) is 2.62. The molecule has 0 bridgehead atoms. The SMILES string of the molecule is Cc1ncccc1COc1ccc2oc(C)c(C(=O)O)c2c1. The Bertz CT molecular complexity index is 851. The van der Waals surface area contributed by atoms with Crippen molar-refractivity contribution in [3.05, 3.63) is 59.1 Å². The molecule has 3 aromatic rings. The molecule has 0 saturated heterocycles. The molecule has 0 atom stereocenters. The minimum Gasteiger partial charge on any atom is -0.489 e. The van der Waals surface area contributed by atoms with Crippen molar-refractivity contribution in [1.82, 2.24) is 4.98 Å². The summed E-state index contributed by atoms with van der Waals surface area (Å²) in [5.74, 6) is -0.0155. The summed E-state index contributed by atoms with van der Waals surface area (Å²) >= 11 is 0. The molecule has 1 aromatic carbocycles. The minimum absolute atomic E-state index is 0.179. The van der Waals surface area contributed by atoms with Gasteiger partial charge in [-0.15, -0.1) is 0 Å². The number of rotatable bonds is 4. The minimum atomic E-state index is -1.00. The van der Waals surface area contributed by atoms with E-state index in [1.807, 2.05) is 19.1 Å². The Morgan fingerprint density at radius 2 is 2.14 bits per heavy atom. The predicted octanol–water partition coefficient (Wildman–Crippen LogP) is 3.72. The van der Waals surface area contributed by atoms with E-state index < -0.39 is 5.97 Å². The van der Waals surface area contributed by atoms with Crippen LogP contribution in [0, 0.1) is 13.8 Å². The number of carboxylic acids is 1. The van der Waals surface area contributed by atoms with Crippen molar-refractivity contribution in [1.29, 1.82) is 0 Å². The van der Waals surface area contributed by atoms with Crippen molar-refractivity contribution in [3.63, 3.8) is 0 Å². The van der Waals surface area contributed by atoms with E-state index in [0.717, 1.165) is 11.3 Å². The molecule has 0 spiro atoms. The van der Waals surface area contributed by atoms with Gasteiger partial charge in [-0.1, -0.05) is 6.07 Å². The molecule has 0 saturated carbocycles. The monoisotopic (exact) mass is 297 g/mol. The summed E-state index contributed by atoms with van der Waals surface area (Å²) in [6.07, 6.45) is 1.73. The smallest absolute Gasteiger partial charge is 0.339 e. The van der Waals surface area contributed by atoms with Crippen molar-refractivity contribution in [2.45, 2.75) is 20.5 Å². The Kier molecular flexibility index (Phi) is 3.55. The first-order valence-corrected chi connectivity index (χ1v) is 6.86. The van der Waals surface area contributed by atoms with Gasteiger partial charge >= 0.3 is 5.97 Å². The standard InChI is InChI=1S/C17H15NO4/c1-10-12(4-3-7-18-10)9-21-13-5-6-15-14(8-13)16(17(19)20)11(2)22-15/h3-8H,9H2,1-2H3,(H,19,20). The fourth-order valence-electron chi connectivity index (χ4n) is 2.39. The van der Waals surface area contributed by atoms with E-state index in [4.69, 9.17) is 9.15 Å². The van der Waals surface area contributed by atoms with Gasteiger partial charge in [0.05, 0.1) is 0 Å². The quantitative estimate of drug-likeness (QED) is 0.794. The van der Waals surface area contributed by atoms with E-state index in [9.17, 15) is 9.90 Å². The normalized spacial score (nSPS) is 10.8. The number of fused-ring (bicyclic) bond motifs is 1. The van der Waals surface area contributed by atoms with Gasteiger partial charge in [-0.3, -0.25) is 4.98 Å². The molecule has 0 aliphatic rings. The molecule has 5 heteroatoms. The number of aromatic nitrogens is 1. The van der Waals surface area contributed by atoms with Crippen molar-refractivity contribution < 1.29 is 19.1 Å². The van der Waals surface area contributed by atoms with E-state index in [1.165, 1.54) is 0 Å². The average molecular weight is 297 g/mol. The number of hydrogen-bond acceptors (Lipinski definition) is 4. The van der Waals surface area contributed by atoms with Gasteiger partial charge in [-0.05, 0) is 38.1 Å². The number of ether oxygens (including phenoxy) is 1. The molecule has 22 heavy (non-hydrogen) atoms. The average Bonchev–Trinajstić information content (AvgIpc) is 2.81. The lowest BCUT2D eigenvalue weighted by atomic mass is 10.1. The highest BCUT2D eigenvalue weighted by atomic mass is 16.5. The van der Waals surface area contributed by atoms with Crippen LogP contribution in [0.4, 0.5) is 0 Å². The van der Waals surface area contributed by atoms with Gasteiger partial charge in [0.15, 0.2) is 0 Å². The Morgan fingerprint density at radius 3 is 2.86 bits per heavy atom. The number of carboxylic acid groups (broad SMARTS) is 1. The number of benzene rings is 1. The summed E-state index contributed by atoms with van der Waals surface area (Å²) in [7, 11) is 0. The zero-order valence-electron chi connectivity index (χ0n) is 12.3. The number of aromatic carboxylic acids is 1. The second kappa shape index (κ2) is 5.52. The molecule has 0 fully saturated rings. The maximum absolute atomic E-state index is 11.3. The van der Waals surface area contributed by atoms with Gasteiger partial charge in [0, 0.05) is 22.8 Å². The van der Waals surface area contributed by atoms with Crippen LogP contribution in [0.5, 0.6) is 5.75 Å². The van der Waals surface area contributed by atoms with Crippen LogP contribution in [0.1, 0.15) is 27.4 Å². The molecule has 0 aliphatic carbocycles. The zero-order chi connectivity index (χ0) is 15.7. The lowest BCUT2D eigenvalue weighted by Gasteiger charge is -2.08. The Balaban J connectivity index is 1.90. The second-order valence-electron chi connectivity index (χ2n) is 5.03. The Hall–Kier alpha value is -2.82. The van der Waals surface area contributed by atoms with Crippen LogP contribution >= 0.6 is 0 Å². The van der Waals surface area contributed by atoms with Crippen LogP contribution in [0.2, 0.25) is 0 Å². The molecule has 3 rings (SSSR count). The Labute approximate surface area is 127 Å². The highest BCUT2D eigenvalue weighted by Crippen LogP contribution is 2.29. The lowest BCUT2D eigenvalue weighted by Crippen LogP contribution is -1.99. The summed E-state index contributed by atoms with van der Waals surface area (Å²) in [5, 5.41) is 9.83. The van der Waals surface area contributed by atoms with Crippen molar-refractivity contribution in [3.8, 4) is 5.75 Å². The first-order valence-electron chi connectivity index (χ1n) is 6.86. The van der Waals surface area contributed by atoms with E-state index in [2.05, 4.69) is 4.98 Å². The molecule has 1 N–H and O–H groups in total. The fourth-order valence-corrected chi connectivity index (χ4v) is 2.39. The maximum atomic E-state index is 11.3. The lowest BCUT2D eigenvalue weighted by molar-refractivity contribution is 0.0697. The first kappa shape index (κ1) is 14.1. The molecule has 2 aromatic heterocycles. The maximum Gasteiger partial charge on any atom is 0.339 e. The Morgan fingerprint density at radius 1 is 1.32 bits per heavy atom. The van der Waals surface area contributed by atoms with Crippen molar-refractivity contribution >= 4 is 16.9 Å². The third-order valence-electron chi connectivity index (χ3n) is 3.56. The van der Waals surface area contributed by atoms with Gasteiger partial charge in [-0.2, -0.15) is 0 Å². The second-order valence-corrected chi connectivity index (χ2v) is 5.03. The topological polar surface area (TPSA) is 72.6 Å². The number of furan rings is 1. The third kappa shape index (κ3) is 2.53. The summed E-state index contributed by atoms with van der Waals surface area (Å²) in [6, 6.07) is 8.99. The van der Waals surface area contributed by atoms with E-state index in [-0.39, 0.29) is 5.56 Å². The van der Waals surface area contributed by atoms with Crippen LogP contribution in [0.25, 0.3) is 11.0 Å². The van der Waals surface area contributed by atoms with Gasteiger partial charge in [0.25, 0.3) is 0 Å². The van der Waals surface area contributed by atoms with Gasteiger partial charge in [0.1, 0.15) is 29.3 Å². The van der Waals surface area contributed by atoms with E-state index >= 15 is 0 Å². The van der Waals surface area contributed by atoms with E-state index in [1.54, 1.807) is 31.3 Å². The summed E-state index contributed by atoms with van der Waals surface area (Å²) in [6.45, 7) is 3.94. The number of carbonyl (C=O) groups is 1. The molecule has 112 valence electrons. The number of pyridine rings is 1. The van der Waals surface area contributed by atoms with Gasteiger partial charge in [0.2, 0.25) is 0 Å². The number of hydrogen-bond donors (Lipinski definition) is 1. The molecular formula is C17H15NO4. The first-order chi connectivity index (χ1) is 10.6. The molecule has 0 radical (unpaired) electrons. The highest BCUT2D eigenvalue weighted by molar-refractivity contribution is 6.03. The van der Waals surface area contributed by atoms with Crippen molar-refractivity contribution in [2.75, 3.05) is 0 Å². The highest BCUT2D eigenvalue weighted by Gasteiger charge is 2.17.